The summed E-state index contributed by atoms with van der Waals surface area (Å²) in [6, 6.07) is 0.336. The minimum absolute atomic E-state index is 0.111. The SMILES string of the molecule is CC(C)C1COC2C=CC=CC2=N1. The van der Waals surface area contributed by atoms with Crippen LogP contribution in [0.3, 0.4) is 0 Å². The van der Waals surface area contributed by atoms with E-state index in [1.807, 2.05) is 18.2 Å². The predicted molar refractivity (Wildman–Crippen MR) is 54.1 cm³/mol. The fourth-order valence-corrected chi connectivity index (χ4v) is 1.54. The molecule has 0 spiro atoms. The third-order valence-corrected chi connectivity index (χ3v) is 2.49. The van der Waals surface area contributed by atoms with Gasteiger partial charge >= 0.3 is 0 Å². The second-order valence-electron chi connectivity index (χ2n) is 3.86. The smallest absolute Gasteiger partial charge is 0.118 e. The molecule has 0 bridgehead atoms. The summed E-state index contributed by atoms with van der Waals surface area (Å²) in [4.78, 5) is 4.66. The van der Waals surface area contributed by atoms with Crippen molar-refractivity contribution in [2.24, 2.45) is 10.9 Å². The van der Waals surface area contributed by atoms with Crippen molar-refractivity contribution in [2.75, 3.05) is 6.61 Å². The lowest BCUT2D eigenvalue weighted by Crippen LogP contribution is -2.35. The zero-order valence-corrected chi connectivity index (χ0v) is 8.10. The maximum Gasteiger partial charge on any atom is 0.118 e. The molecule has 2 heteroatoms. The van der Waals surface area contributed by atoms with E-state index in [0.717, 1.165) is 12.3 Å². The molecule has 13 heavy (non-hydrogen) atoms. The van der Waals surface area contributed by atoms with Crippen molar-refractivity contribution in [2.45, 2.75) is 26.0 Å². The van der Waals surface area contributed by atoms with E-state index < -0.39 is 0 Å². The first-order chi connectivity index (χ1) is 6.27. The minimum atomic E-state index is 0.111. The highest BCUT2D eigenvalue weighted by atomic mass is 16.5. The maximum absolute atomic E-state index is 5.69. The molecule has 0 aromatic heterocycles. The van der Waals surface area contributed by atoms with E-state index in [1.54, 1.807) is 0 Å². The Morgan fingerprint density at radius 1 is 1.46 bits per heavy atom. The maximum atomic E-state index is 5.69. The van der Waals surface area contributed by atoms with Gasteiger partial charge in [-0.2, -0.15) is 0 Å². The first kappa shape index (κ1) is 8.70. The van der Waals surface area contributed by atoms with Crippen LogP contribution in [-0.2, 0) is 4.74 Å². The van der Waals surface area contributed by atoms with E-state index in [9.17, 15) is 0 Å². The molecule has 1 aliphatic carbocycles. The zero-order chi connectivity index (χ0) is 9.26. The van der Waals surface area contributed by atoms with Gasteiger partial charge < -0.3 is 4.74 Å². The summed E-state index contributed by atoms with van der Waals surface area (Å²) in [5, 5.41) is 0. The molecule has 2 unspecified atom stereocenters. The van der Waals surface area contributed by atoms with Crippen LogP contribution in [0.5, 0.6) is 0 Å². The molecule has 1 heterocycles. The largest absolute Gasteiger partial charge is 0.366 e. The van der Waals surface area contributed by atoms with Crippen LogP contribution in [0.2, 0.25) is 0 Å². The lowest BCUT2D eigenvalue weighted by atomic mass is 10.0. The molecule has 2 nitrogen and oxygen atoms in total. The first-order valence-electron chi connectivity index (χ1n) is 4.81. The highest BCUT2D eigenvalue weighted by molar-refractivity contribution is 6.01. The van der Waals surface area contributed by atoms with Gasteiger partial charge in [0.1, 0.15) is 6.10 Å². The van der Waals surface area contributed by atoms with Crippen LogP contribution in [0, 0.1) is 5.92 Å². The Hall–Kier alpha value is -0.890. The third kappa shape index (κ3) is 1.73. The van der Waals surface area contributed by atoms with Crippen LogP contribution in [0.15, 0.2) is 29.3 Å². The molecule has 0 aromatic rings. The van der Waals surface area contributed by atoms with Crippen molar-refractivity contribution in [3.63, 3.8) is 0 Å². The number of aliphatic imine (C=N–C) groups is 1. The Bertz CT molecular complexity index is 276. The van der Waals surface area contributed by atoms with Gasteiger partial charge in [0.15, 0.2) is 0 Å². The Balaban J connectivity index is 2.18. The molecule has 0 aromatic carbocycles. The number of allylic oxidation sites excluding steroid dienone is 2. The molecule has 0 fully saturated rings. The molecule has 0 amide bonds. The van der Waals surface area contributed by atoms with E-state index in [0.29, 0.717) is 12.0 Å². The molecule has 70 valence electrons. The third-order valence-electron chi connectivity index (χ3n) is 2.49. The van der Waals surface area contributed by atoms with Gasteiger partial charge in [-0.15, -0.1) is 0 Å². The standard InChI is InChI=1S/C11H15NO/c1-8(2)10-7-13-11-6-4-3-5-9(11)12-10/h3-6,8,10-11H,7H2,1-2H3. The van der Waals surface area contributed by atoms with Gasteiger partial charge in [0, 0.05) is 0 Å². The van der Waals surface area contributed by atoms with E-state index in [2.05, 4.69) is 24.9 Å². The lowest BCUT2D eigenvalue weighted by molar-refractivity contribution is 0.0908. The van der Waals surface area contributed by atoms with Gasteiger partial charge in [-0.05, 0) is 18.1 Å². The Labute approximate surface area is 79.0 Å². The fraction of sp³-hybridized carbons (Fsp3) is 0.545. The van der Waals surface area contributed by atoms with Gasteiger partial charge in [-0.25, -0.2) is 0 Å². The molecule has 2 atom stereocenters. The van der Waals surface area contributed by atoms with Gasteiger partial charge in [-0.1, -0.05) is 26.0 Å². The van der Waals surface area contributed by atoms with E-state index in [-0.39, 0.29) is 6.10 Å². The minimum Gasteiger partial charge on any atom is -0.366 e. The van der Waals surface area contributed by atoms with E-state index in [1.165, 1.54) is 0 Å². The molecule has 0 radical (unpaired) electrons. The zero-order valence-electron chi connectivity index (χ0n) is 8.10. The molecule has 1 aliphatic heterocycles. The average Bonchev–Trinajstić information content (AvgIpc) is 2.17. The highest BCUT2D eigenvalue weighted by Crippen LogP contribution is 2.18. The van der Waals surface area contributed by atoms with Crippen LogP contribution < -0.4 is 0 Å². The Morgan fingerprint density at radius 3 is 3.08 bits per heavy atom. The van der Waals surface area contributed by atoms with Crippen molar-refractivity contribution in [1.82, 2.24) is 0 Å². The summed E-state index contributed by atoms with van der Waals surface area (Å²) >= 11 is 0. The number of hydrogen-bond acceptors (Lipinski definition) is 2. The lowest BCUT2D eigenvalue weighted by Gasteiger charge is -2.28. The fourth-order valence-electron chi connectivity index (χ4n) is 1.54. The number of rotatable bonds is 1. The summed E-state index contributed by atoms with van der Waals surface area (Å²) in [5.74, 6) is 0.563. The molecule has 0 saturated heterocycles. The molecular weight excluding hydrogens is 162 g/mol. The normalized spacial score (nSPS) is 31.8. The predicted octanol–water partition coefficient (Wildman–Crippen LogP) is 1.98. The second-order valence-corrected chi connectivity index (χ2v) is 3.86. The second kappa shape index (κ2) is 3.46. The summed E-state index contributed by atoms with van der Waals surface area (Å²) in [6.45, 7) is 5.12. The van der Waals surface area contributed by atoms with Gasteiger partial charge in [-0.3, -0.25) is 4.99 Å². The number of fused-ring (bicyclic) bond motifs is 1. The monoisotopic (exact) mass is 177 g/mol. The average molecular weight is 177 g/mol. The Kier molecular flexibility index (Phi) is 2.32. The van der Waals surface area contributed by atoms with Crippen LogP contribution in [0.4, 0.5) is 0 Å². The quantitative estimate of drug-likeness (QED) is 0.600. The summed E-state index contributed by atoms with van der Waals surface area (Å²) in [5.41, 5.74) is 1.08. The van der Waals surface area contributed by atoms with Gasteiger partial charge in [0.05, 0.1) is 18.4 Å². The summed E-state index contributed by atoms with van der Waals surface area (Å²) in [7, 11) is 0. The highest BCUT2D eigenvalue weighted by Gasteiger charge is 2.24. The Morgan fingerprint density at radius 2 is 2.31 bits per heavy atom. The van der Waals surface area contributed by atoms with E-state index in [4.69, 9.17) is 4.74 Å². The van der Waals surface area contributed by atoms with Crippen LogP contribution in [0.1, 0.15) is 13.8 Å². The molecule has 2 rings (SSSR count). The van der Waals surface area contributed by atoms with Crippen LogP contribution in [0.25, 0.3) is 0 Å². The topological polar surface area (TPSA) is 21.6 Å². The van der Waals surface area contributed by atoms with Crippen molar-refractivity contribution in [3.8, 4) is 0 Å². The number of ether oxygens (including phenoxy) is 1. The summed E-state index contributed by atoms with van der Waals surface area (Å²) < 4.78 is 5.69. The summed E-state index contributed by atoms with van der Waals surface area (Å²) in [6.07, 6.45) is 8.23. The first-order valence-corrected chi connectivity index (χ1v) is 4.81. The van der Waals surface area contributed by atoms with Crippen molar-refractivity contribution in [3.05, 3.63) is 24.3 Å². The molecule has 2 aliphatic rings. The van der Waals surface area contributed by atoms with Crippen molar-refractivity contribution in [1.29, 1.82) is 0 Å². The van der Waals surface area contributed by atoms with Crippen molar-refractivity contribution < 1.29 is 4.74 Å². The molecule has 0 N–H and O–H groups in total. The molecule has 0 saturated carbocycles. The molecular formula is C11H15NO. The number of nitrogens with zero attached hydrogens (tertiary/aromatic N) is 1. The number of hydrogen-bond donors (Lipinski definition) is 0. The van der Waals surface area contributed by atoms with E-state index >= 15 is 0 Å². The van der Waals surface area contributed by atoms with Gasteiger partial charge in [0.25, 0.3) is 0 Å². The van der Waals surface area contributed by atoms with Crippen molar-refractivity contribution >= 4 is 5.71 Å². The van der Waals surface area contributed by atoms with Crippen LogP contribution in [-0.4, -0.2) is 24.5 Å². The van der Waals surface area contributed by atoms with Crippen LogP contribution >= 0.6 is 0 Å². The van der Waals surface area contributed by atoms with Gasteiger partial charge in [0.2, 0.25) is 0 Å².